The molecule has 92 valence electrons. The molecule has 0 aliphatic heterocycles. The van der Waals surface area contributed by atoms with E-state index >= 15 is 0 Å². The number of methoxy groups -OCH3 is 2. The van der Waals surface area contributed by atoms with E-state index in [2.05, 4.69) is 12.2 Å². The molecule has 0 radical (unpaired) electrons. The minimum atomic E-state index is -0.475. The number of hydrogen-bond acceptors (Lipinski definition) is 3. The van der Waals surface area contributed by atoms with Crippen LogP contribution in [0.25, 0.3) is 0 Å². The van der Waals surface area contributed by atoms with Gasteiger partial charge in [-0.05, 0) is 24.7 Å². The number of ketones is 1. The summed E-state index contributed by atoms with van der Waals surface area (Å²) in [5.41, 5.74) is 0. The van der Waals surface area contributed by atoms with Crippen LogP contribution in [0, 0.1) is 35.5 Å². The monoisotopic (exact) mass is 234 g/mol. The summed E-state index contributed by atoms with van der Waals surface area (Å²) in [4.78, 5) is 12.2. The number of carbonyl (C=O) groups is 1. The van der Waals surface area contributed by atoms with Crippen LogP contribution in [0.4, 0.5) is 0 Å². The number of hydrogen-bond donors (Lipinski definition) is 0. The first kappa shape index (κ1) is 10.3. The van der Waals surface area contributed by atoms with Gasteiger partial charge in [0.25, 0.3) is 0 Å². The van der Waals surface area contributed by atoms with E-state index in [1.54, 1.807) is 14.2 Å². The molecule has 3 fully saturated rings. The molecular weight excluding hydrogens is 216 g/mol. The Morgan fingerprint density at radius 2 is 1.53 bits per heavy atom. The quantitative estimate of drug-likeness (QED) is 0.414. The molecule has 0 aromatic carbocycles. The van der Waals surface area contributed by atoms with Gasteiger partial charge in [0, 0.05) is 37.9 Å². The smallest absolute Gasteiger partial charge is 0.180 e. The molecule has 3 saturated carbocycles. The van der Waals surface area contributed by atoms with Gasteiger partial charge in [0.15, 0.2) is 5.79 Å². The molecule has 0 amide bonds. The SMILES string of the molecule is COC1(OC)[C@@H]2C=C[C@H]1[C@@H]1[C@H]2[C@H]2CC[C@@H]1C2=O. The molecule has 4 aliphatic rings. The van der Waals surface area contributed by atoms with E-state index in [1.807, 2.05) is 0 Å². The largest absolute Gasteiger partial charge is 0.352 e. The van der Waals surface area contributed by atoms with Crippen molar-refractivity contribution in [1.82, 2.24) is 0 Å². The highest BCUT2D eigenvalue weighted by Crippen LogP contribution is 2.68. The highest BCUT2D eigenvalue weighted by molar-refractivity contribution is 5.89. The third-order valence-corrected chi connectivity index (χ3v) is 5.82. The van der Waals surface area contributed by atoms with Gasteiger partial charge in [-0.15, -0.1) is 0 Å². The van der Waals surface area contributed by atoms with Crippen molar-refractivity contribution in [2.45, 2.75) is 18.6 Å². The maximum absolute atomic E-state index is 12.2. The first-order chi connectivity index (χ1) is 8.24. The van der Waals surface area contributed by atoms with Gasteiger partial charge in [-0.1, -0.05) is 12.2 Å². The zero-order valence-corrected chi connectivity index (χ0v) is 10.3. The molecule has 0 saturated heterocycles. The second-order valence-electron chi connectivity index (χ2n) is 5.91. The van der Waals surface area contributed by atoms with Crippen LogP contribution in [-0.4, -0.2) is 25.8 Å². The molecule has 0 unspecified atom stereocenters. The molecule has 0 N–H and O–H groups in total. The van der Waals surface area contributed by atoms with Crippen LogP contribution in [0.15, 0.2) is 12.2 Å². The summed E-state index contributed by atoms with van der Waals surface area (Å²) in [5, 5.41) is 0. The predicted octanol–water partition coefficient (Wildman–Crippen LogP) is 1.63. The van der Waals surface area contributed by atoms with Gasteiger partial charge >= 0.3 is 0 Å². The van der Waals surface area contributed by atoms with Gasteiger partial charge in [-0.3, -0.25) is 4.79 Å². The molecule has 3 nitrogen and oxygen atoms in total. The van der Waals surface area contributed by atoms with Crippen molar-refractivity contribution in [3.05, 3.63) is 12.2 Å². The van der Waals surface area contributed by atoms with E-state index in [4.69, 9.17) is 9.47 Å². The second-order valence-corrected chi connectivity index (χ2v) is 5.91. The molecule has 0 spiro atoms. The maximum atomic E-state index is 12.2. The zero-order chi connectivity index (χ0) is 11.8. The van der Waals surface area contributed by atoms with Crippen molar-refractivity contribution >= 4 is 5.78 Å². The lowest BCUT2D eigenvalue weighted by molar-refractivity contribution is -0.235. The number of Topliss-reactive ketones (excluding diaryl/α,β-unsaturated/α-hetero) is 1. The standard InChI is InChI=1S/C14H18O3/c1-16-14(17-2)9-5-6-10(14)12-8-4-3-7(11(9)12)13(8)15/h5-12H,3-4H2,1-2H3/t7-,8+,9-,10+,11+,12-. The second kappa shape index (κ2) is 3.01. The van der Waals surface area contributed by atoms with Crippen LogP contribution < -0.4 is 0 Å². The molecule has 0 aromatic rings. The summed E-state index contributed by atoms with van der Waals surface area (Å²) in [6.45, 7) is 0. The van der Waals surface area contributed by atoms with Crippen molar-refractivity contribution in [2.24, 2.45) is 35.5 Å². The predicted molar refractivity (Wildman–Crippen MR) is 61.1 cm³/mol. The van der Waals surface area contributed by atoms with Gasteiger partial charge < -0.3 is 9.47 Å². The number of fused-ring (bicyclic) bond motifs is 9. The highest BCUT2D eigenvalue weighted by atomic mass is 16.7. The Balaban J connectivity index is 1.81. The fourth-order valence-corrected chi connectivity index (χ4v) is 5.35. The van der Waals surface area contributed by atoms with E-state index in [1.165, 1.54) is 0 Å². The first-order valence-corrected chi connectivity index (χ1v) is 6.57. The Bertz CT molecular complexity index is 378. The Morgan fingerprint density at radius 3 is 1.94 bits per heavy atom. The van der Waals surface area contributed by atoms with Gasteiger partial charge in [0.05, 0.1) is 0 Å². The topological polar surface area (TPSA) is 35.5 Å². The highest BCUT2D eigenvalue weighted by Gasteiger charge is 2.72. The Hall–Kier alpha value is -0.670. The van der Waals surface area contributed by atoms with E-state index in [0.717, 1.165) is 12.8 Å². The maximum Gasteiger partial charge on any atom is 0.180 e. The summed E-state index contributed by atoms with van der Waals surface area (Å²) in [7, 11) is 3.47. The average molecular weight is 234 g/mol. The van der Waals surface area contributed by atoms with E-state index in [0.29, 0.717) is 17.6 Å². The molecule has 0 heterocycles. The summed E-state index contributed by atoms with van der Waals surface area (Å²) in [6.07, 6.45) is 6.64. The minimum absolute atomic E-state index is 0.284. The molecule has 17 heavy (non-hydrogen) atoms. The summed E-state index contributed by atoms with van der Waals surface area (Å²) < 4.78 is 11.5. The fourth-order valence-electron chi connectivity index (χ4n) is 5.35. The zero-order valence-electron chi connectivity index (χ0n) is 10.3. The van der Waals surface area contributed by atoms with Gasteiger partial charge in [0.1, 0.15) is 5.78 Å². The number of carbonyl (C=O) groups excluding carboxylic acids is 1. The van der Waals surface area contributed by atoms with Crippen molar-refractivity contribution in [3.8, 4) is 0 Å². The van der Waals surface area contributed by atoms with Crippen molar-refractivity contribution < 1.29 is 14.3 Å². The molecule has 3 heteroatoms. The minimum Gasteiger partial charge on any atom is -0.352 e. The fraction of sp³-hybridized carbons (Fsp3) is 0.786. The Kier molecular flexibility index (Phi) is 1.82. The Morgan fingerprint density at radius 1 is 1.06 bits per heavy atom. The number of ether oxygens (including phenoxy) is 2. The van der Waals surface area contributed by atoms with Crippen molar-refractivity contribution in [2.75, 3.05) is 14.2 Å². The molecule has 0 aromatic heterocycles. The lowest BCUT2D eigenvalue weighted by atomic mass is 9.73. The van der Waals surface area contributed by atoms with Crippen LogP contribution >= 0.6 is 0 Å². The van der Waals surface area contributed by atoms with E-state index < -0.39 is 5.79 Å². The van der Waals surface area contributed by atoms with Crippen LogP contribution in [0.3, 0.4) is 0 Å². The van der Waals surface area contributed by atoms with Gasteiger partial charge in [-0.2, -0.15) is 0 Å². The van der Waals surface area contributed by atoms with Crippen molar-refractivity contribution in [3.63, 3.8) is 0 Å². The lowest BCUT2D eigenvalue weighted by Crippen LogP contribution is -2.42. The Labute approximate surface area is 101 Å². The summed E-state index contributed by atoms with van der Waals surface area (Å²) >= 11 is 0. The van der Waals surface area contributed by atoms with Gasteiger partial charge in [-0.25, -0.2) is 0 Å². The third kappa shape index (κ3) is 0.890. The normalized spacial score (nSPS) is 52.5. The van der Waals surface area contributed by atoms with Crippen LogP contribution in [0.2, 0.25) is 0 Å². The average Bonchev–Trinajstić information content (AvgIpc) is 3.05. The molecule has 4 bridgehead atoms. The van der Waals surface area contributed by atoms with Crippen LogP contribution in [-0.2, 0) is 14.3 Å². The molecular formula is C14H18O3. The molecule has 4 rings (SSSR count). The summed E-state index contributed by atoms with van der Waals surface area (Å²) in [6, 6.07) is 0. The summed E-state index contributed by atoms with van der Waals surface area (Å²) in [5.74, 6) is 2.16. The van der Waals surface area contributed by atoms with E-state index in [9.17, 15) is 4.79 Å². The van der Waals surface area contributed by atoms with E-state index in [-0.39, 0.29) is 23.7 Å². The number of rotatable bonds is 2. The lowest BCUT2D eigenvalue weighted by Gasteiger charge is -2.33. The van der Waals surface area contributed by atoms with Crippen molar-refractivity contribution in [1.29, 1.82) is 0 Å². The van der Waals surface area contributed by atoms with Crippen LogP contribution in [0.5, 0.6) is 0 Å². The molecule has 6 atom stereocenters. The molecule has 4 aliphatic carbocycles. The van der Waals surface area contributed by atoms with Crippen LogP contribution in [0.1, 0.15) is 12.8 Å². The van der Waals surface area contributed by atoms with Gasteiger partial charge in [0.2, 0.25) is 0 Å². The third-order valence-electron chi connectivity index (χ3n) is 5.82. The first-order valence-electron chi connectivity index (χ1n) is 6.57.